The van der Waals surface area contributed by atoms with Crippen molar-refractivity contribution in [2.45, 2.75) is 45.6 Å². The lowest BCUT2D eigenvalue weighted by Gasteiger charge is -2.29. The van der Waals surface area contributed by atoms with Gasteiger partial charge in [-0.3, -0.25) is 4.79 Å². The zero-order valence-corrected chi connectivity index (χ0v) is 12.4. The molecule has 0 amide bonds. The average Bonchev–Trinajstić information content (AvgIpc) is 2.82. The van der Waals surface area contributed by atoms with Gasteiger partial charge in [0.2, 0.25) is 0 Å². The topological polar surface area (TPSA) is 37.3 Å². The Kier molecular flexibility index (Phi) is 4.77. The van der Waals surface area contributed by atoms with Gasteiger partial charge in [0, 0.05) is 12.8 Å². The average molecular weight is 272 g/mol. The smallest absolute Gasteiger partial charge is 0.133 e. The van der Waals surface area contributed by atoms with Crippen LogP contribution in [0.2, 0.25) is 0 Å². The third-order valence-corrected chi connectivity index (χ3v) is 4.15. The molecule has 1 aliphatic carbocycles. The van der Waals surface area contributed by atoms with Crippen molar-refractivity contribution < 1.29 is 9.90 Å². The summed E-state index contributed by atoms with van der Waals surface area (Å²) in [5, 5.41) is 10.4. The second-order valence-corrected chi connectivity index (χ2v) is 6.52. The highest BCUT2D eigenvalue weighted by Crippen LogP contribution is 2.29. The van der Waals surface area contributed by atoms with Crippen LogP contribution in [0.15, 0.2) is 42.5 Å². The predicted octanol–water partition coefficient (Wildman–Crippen LogP) is 3.54. The third-order valence-electron chi connectivity index (χ3n) is 4.15. The molecule has 20 heavy (non-hydrogen) atoms. The molecule has 0 bridgehead atoms. The zero-order valence-electron chi connectivity index (χ0n) is 12.4. The minimum atomic E-state index is -0.488. The Labute approximate surface area is 121 Å². The van der Waals surface area contributed by atoms with Crippen LogP contribution >= 0.6 is 0 Å². The first-order valence-electron chi connectivity index (χ1n) is 7.39. The van der Waals surface area contributed by atoms with E-state index < -0.39 is 6.10 Å². The van der Waals surface area contributed by atoms with Crippen molar-refractivity contribution in [3.05, 3.63) is 48.0 Å². The molecule has 1 saturated carbocycles. The Morgan fingerprint density at radius 2 is 2.05 bits per heavy atom. The number of allylic oxidation sites excluding steroid dienone is 1. The van der Waals surface area contributed by atoms with Crippen molar-refractivity contribution in [1.82, 2.24) is 0 Å². The number of ketones is 1. The monoisotopic (exact) mass is 272 g/mol. The summed E-state index contributed by atoms with van der Waals surface area (Å²) >= 11 is 0. The molecule has 0 saturated heterocycles. The number of Topliss-reactive ketones (excluding diaryl/α,β-unsaturated/α-hetero) is 1. The molecule has 2 nitrogen and oxygen atoms in total. The second kappa shape index (κ2) is 6.36. The first kappa shape index (κ1) is 15.0. The van der Waals surface area contributed by atoms with Crippen LogP contribution in [-0.4, -0.2) is 17.0 Å². The molecule has 2 heteroatoms. The molecule has 2 atom stereocenters. The molecule has 0 heterocycles. The van der Waals surface area contributed by atoms with E-state index in [1.807, 2.05) is 30.4 Å². The van der Waals surface area contributed by atoms with E-state index in [4.69, 9.17) is 0 Å². The largest absolute Gasteiger partial charge is 0.388 e. The van der Waals surface area contributed by atoms with Crippen LogP contribution in [0, 0.1) is 11.3 Å². The fourth-order valence-corrected chi connectivity index (χ4v) is 2.76. The lowest BCUT2D eigenvalue weighted by atomic mass is 9.80. The molecule has 1 N–H and O–H groups in total. The quantitative estimate of drug-likeness (QED) is 0.832. The molecule has 1 aromatic rings. The van der Waals surface area contributed by atoms with Gasteiger partial charge in [-0.05, 0) is 29.7 Å². The fourth-order valence-electron chi connectivity index (χ4n) is 2.76. The minimum Gasteiger partial charge on any atom is -0.388 e. The van der Waals surface area contributed by atoms with E-state index in [1.54, 1.807) is 0 Å². The molecule has 0 unspecified atom stereocenters. The van der Waals surface area contributed by atoms with E-state index in [1.165, 1.54) is 5.56 Å². The molecule has 0 radical (unpaired) electrons. The fraction of sp³-hybridized carbons (Fsp3) is 0.500. The molecular weight excluding hydrogens is 248 g/mol. The lowest BCUT2D eigenvalue weighted by Crippen LogP contribution is -2.30. The normalized spacial score (nSPS) is 21.6. The van der Waals surface area contributed by atoms with Crippen molar-refractivity contribution in [2.75, 3.05) is 0 Å². The third kappa shape index (κ3) is 4.04. The first-order chi connectivity index (χ1) is 9.47. The Hall–Kier alpha value is -1.41. The summed E-state index contributed by atoms with van der Waals surface area (Å²) in [6.45, 7) is 4.16. The Morgan fingerprint density at radius 1 is 1.35 bits per heavy atom. The maximum absolute atomic E-state index is 11.2. The second-order valence-electron chi connectivity index (χ2n) is 6.52. The van der Waals surface area contributed by atoms with Gasteiger partial charge in [0.05, 0.1) is 6.10 Å². The summed E-state index contributed by atoms with van der Waals surface area (Å²) in [7, 11) is 0. The van der Waals surface area contributed by atoms with Crippen LogP contribution in [0.5, 0.6) is 0 Å². The summed E-state index contributed by atoms with van der Waals surface area (Å²) in [5.74, 6) is 0.669. The van der Waals surface area contributed by atoms with Crippen molar-refractivity contribution >= 4 is 5.78 Å². The van der Waals surface area contributed by atoms with Gasteiger partial charge in [0.25, 0.3) is 0 Å². The van der Waals surface area contributed by atoms with Gasteiger partial charge >= 0.3 is 0 Å². The highest BCUT2D eigenvalue weighted by Gasteiger charge is 2.27. The number of hydrogen-bond donors (Lipinski definition) is 1. The van der Waals surface area contributed by atoms with E-state index in [9.17, 15) is 9.90 Å². The molecular formula is C18H24O2. The van der Waals surface area contributed by atoms with Gasteiger partial charge in [0.1, 0.15) is 5.78 Å². The van der Waals surface area contributed by atoms with Gasteiger partial charge in [-0.1, -0.05) is 56.3 Å². The number of aliphatic hydroxyl groups is 1. The van der Waals surface area contributed by atoms with Crippen LogP contribution in [0.25, 0.3) is 0 Å². The molecule has 2 rings (SSSR count). The predicted molar refractivity (Wildman–Crippen MR) is 81.4 cm³/mol. The maximum Gasteiger partial charge on any atom is 0.133 e. The van der Waals surface area contributed by atoms with E-state index in [-0.39, 0.29) is 5.41 Å². The van der Waals surface area contributed by atoms with Crippen LogP contribution in [0.4, 0.5) is 0 Å². The molecule has 0 spiro atoms. The molecule has 108 valence electrons. The molecule has 1 aromatic carbocycles. The summed E-state index contributed by atoms with van der Waals surface area (Å²) in [6, 6.07) is 10.2. The number of rotatable bonds is 5. The Morgan fingerprint density at radius 3 is 2.65 bits per heavy atom. The van der Waals surface area contributed by atoms with Crippen molar-refractivity contribution in [3.8, 4) is 0 Å². The van der Waals surface area contributed by atoms with Crippen LogP contribution in [0.1, 0.15) is 38.7 Å². The number of hydrogen-bond acceptors (Lipinski definition) is 2. The summed E-state index contributed by atoms with van der Waals surface area (Å²) < 4.78 is 0. The maximum atomic E-state index is 11.2. The Balaban J connectivity index is 1.94. The van der Waals surface area contributed by atoms with E-state index in [0.29, 0.717) is 24.5 Å². The van der Waals surface area contributed by atoms with Gasteiger partial charge in [0.15, 0.2) is 0 Å². The Bertz CT molecular complexity index is 473. The van der Waals surface area contributed by atoms with Gasteiger partial charge in [-0.2, -0.15) is 0 Å². The summed E-state index contributed by atoms with van der Waals surface area (Å²) in [6.07, 6.45) is 6.53. The van der Waals surface area contributed by atoms with E-state index >= 15 is 0 Å². The molecule has 0 aromatic heterocycles. The number of aliphatic hydroxyl groups excluding tert-OH is 1. The van der Waals surface area contributed by atoms with Crippen LogP contribution in [-0.2, 0) is 11.2 Å². The zero-order chi connectivity index (χ0) is 14.6. The van der Waals surface area contributed by atoms with Gasteiger partial charge in [-0.15, -0.1) is 0 Å². The van der Waals surface area contributed by atoms with Crippen LogP contribution < -0.4 is 0 Å². The standard InChI is InChI=1S/C18H24O2/c1-18(2,13-15-6-4-3-5-7-15)17(20)11-9-14-8-10-16(19)12-14/h3-7,9,11,14,17,20H,8,10,12-13H2,1-2H3/t14-,17-/m1/s1. The number of carbonyl (C=O) groups is 1. The number of benzene rings is 1. The van der Waals surface area contributed by atoms with E-state index in [2.05, 4.69) is 26.0 Å². The SMILES string of the molecule is CC(C)(Cc1ccccc1)[C@H](O)C=C[C@H]1CCC(=O)C1. The van der Waals surface area contributed by atoms with Gasteiger partial charge < -0.3 is 5.11 Å². The molecule has 1 aliphatic rings. The van der Waals surface area contributed by atoms with Crippen molar-refractivity contribution in [1.29, 1.82) is 0 Å². The lowest BCUT2D eigenvalue weighted by molar-refractivity contribution is -0.117. The van der Waals surface area contributed by atoms with Crippen molar-refractivity contribution in [3.63, 3.8) is 0 Å². The van der Waals surface area contributed by atoms with Crippen molar-refractivity contribution in [2.24, 2.45) is 11.3 Å². The number of carbonyl (C=O) groups excluding carboxylic acids is 1. The molecule has 0 aliphatic heterocycles. The van der Waals surface area contributed by atoms with Crippen LogP contribution in [0.3, 0.4) is 0 Å². The highest BCUT2D eigenvalue weighted by atomic mass is 16.3. The van der Waals surface area contributed by atoms with Gasteiger partial charge in [-0.25, -0.2) is 0 Å². The highest BCUT2D eigenvalue weighted by molar-refractivity contribution is 5.80. The molecule has 1 fully saturated rings. The summed E-state index contributed by atoms with van der Waals surface area (Å²) in [4.78, 5) is 11.2. The van der Waals surface area contributed by atoms with E-state index in [0.717, 1.165) is 12.8 Å². The summed E-state index contributed by atoms with van der Waals surface area (Å²) in [5.41, 5.74) is 1.03. The minimum absolute atomic E-state index is 0.208. The first-order valence-corrected chi connectivity index (χ1v) is 7.39.